The van der Waals surface area contributed by atoms with Crippen molar-refractivity contribution in [1.82, 2.24) is 10.6 Å². The Labute approximate surface area is 141 Å². The van der Waals surface area contributed by atoms with Crippen molar-refractivity contribution in [2.75, 3.05) is 13.1 Å². The first kappa shape index (κ1) is 18.4. The van der Waals surface area contributed by atoms with E-state index in [0.717, 1.165) is 32.1 Å². The molecule has 2 rings (SSSR count). The summed E-state index contributed by atoms with van der Waals surface area (Å²) >= 11 is 0. The number of rotatable bonds is 7. The number of halogens is 1. The molecular formula is C18H25FN2O3. The Hall–Kier alpha value is -1.95. The Morgan fingerprint density at radius 2 is 1.75 bits per heavy atom. The van der Waals surface area contributed by atoms with E-state index in [-0.39, 0.29) is 17.6 Å². The molecular weight excluding hydrogens is 311 g/mol. The van der Waals surface area contributed by atoms with Crippen molar-refractivity contribution >= 4 is 11.8 Å². The summed E-state index contributed by atoms with van der Waals surface area (Å²) in [7, 11) is 0. The lowest BCUT2D eigenvalue weighted by molar-refractivity contribution is -0.122. The first-order valence-electron chi connectivity index (χ1n) is 8.51. The predicted octanol–water partition coefficient (Wildman–Crippen LogP) is 2.15. The molecule has 1 aliphatic rings. The molecule has 2 amide bonds. The highest BCUT2D eigenvalue weighted by molar-refractivity contribution is 5.94. The van der Waals surface area contributed by atoms with E-state index >= 15 is 0 Å². The van der Waals surface area contributed by atoms with E-state index < -0.39 is 5.60 Å². The molecule has 1 saturated carbocycles. The van der Waals surface area contributed by atoms with Gasteiger partial charge in [-0.3, -0.25) is 9.59 Å². The van der Waals surface area contributed by atoms with Gasteiger partial charge in [0.2, 0.25) is 5.91 Å². The van der Waals surface area contributed by atoms with Crippen LogP contribution in [0.5, 0.6) is 0 Å². The summed E-state index contributed by atoms with van der Waals surface area (Å²) in [6.45, 7) is 0.668. The van der Waals surface area contributed by atoms with Crippen molar-refractivity contribution in [2.24, 2.45) is 0 Å². The van der Waals surface area contributed by atoms with Crippen LogP contribution in [0.25, 0.3) is 0 Å². The van der Waals surface area contributed by atoms with Crippen LogP contribution in [0.2, 0.25) is 0 Å². The molecule has 0 heterocycles. The molecule has 1 fully saturated rings. The van der Waals surface area contributed by atoms with Crippen LogP contribution < -0.4 is 10.6 Å². The standard InChI is InChI=1S/C18H25FN2O3/c19-15-8-6-14(7-9-15)17(23)20-12-4-5-16(22)21-13-18(24)10-2-1-3-11-18/h6-9,24H,1-5,10-13H2,(H,20,23)(H,21,22). The normalized spacial score (nSPS) is 16.4. The second-order valence-corrected chi connectivity index (χ2v) is 6.43. The summed E-state index contributed by atoms with van der Waals surface area (Å²) in [5.74, 6) is -0.792. The third kappa shape index (κ3) is 5.92. The van der Waals surface area contributed by atoms with Crippen LogP contribution in [-0.4, -0.2) is 35.6 Å². The van der Waals surface area contributed by atoms with Gasteiger partial charge >= 0.3 is 0 Å². The van der Waals surface area contributed by atoms with Crippen molar-refractivity contribution in [1.29, 1.82) is 0 Å². The highest BCUT2D eigenvalue weighted by Crippen LogP contribution is 2.27. The topological polar surface area (TPSA) is 78.4 Å². The van der Waals surface area contributed by atoms with E-state index in [0.29, 0.717) is 31.5 Å². The van der Waals surface area contributed by atoms with Crippen molar-refractivity contribution in [2.45, 2.75) is 50.5 Å². The third-order valence-corrected chi connectivity index (χ3v) is 4.37. The molecule has 6 heteroatoms. The summed E-state index contributed by atoms with van der Waals surface area (Å²) in [5, 5.41) is 15.8. The van der Waals surface area contributed by atoms with Gasteiger partial charge in [-0.05, 0) is 43.5 Å². The third-order valence-electron chi connectivity index (χ3n) is 4.37. The van der Waals surface area contributed by atoms with Crippen molar-refractivity contribution in [3.05, 3.63) is 35.6 Å². The van der Waals surface area contributed by atoms with Crippen molar-refractivity contribution in [3.63, 3.8) is 0 Å². The SMILES string of the molecule is O=C(CCCNC(=O)c1ccc(F)cc1)NCC1(O)CCCCC1. The quantitative estimate of drug-likeness (QED) is 0.668. The van der Waals surface area contributed by atoms with Gasteiger partial charge in [-0.15, -0.1) is 0 Å². The summed E-state index contributed by atoms with van der Waals surface area (Å²) in [6, 6.07) is 5.31. The number of hydrogen-bond acceptors (Lipinski definition) is 3. The Balaban J connectivity index is 1.60. The molecule has 3 N–H and O–H groups in total. The smallest absolute Gasteiger partial charge is 0.251 e. The summed E-state index contributed by atoms with van der Waals surface area (Å²) < 4.78 is 12.8. The fraction of sp³-hybridized carbons (Fsp3) is 0.556. The maximum Gasteiger partial charge on any atom is 0.251 e. The van der Waals surface area contributed by atoms with Gasteiger partial charge < -0.3 is 15.7 Å². The van der Waals surface area contributed by atoms with Gasteiger partial charge in [0.05, 0.1) is 5.60 Å². The number of benzene rings is 1. The highest BCUT2D eigenvalue weighted by Gasteiger charge is 2.29. The predicted molar refractivity (Wildman–Crippen MR) is 89.0 cm³/mol. The van der Waals surface area contributed by atoms with Crippen molar-refractivity contribution in [3.8, 4) is 0 Å². The molecule has 1 aliphatic carbocycles. The monoisotopic (exact) mass is 336 g/mol. The van der Waals surface area contributed by atoms with Gasteiger partial charge in [0.1, 0.15) is 5.82 Å². The summed E-state index contributed by atoms with van der Waals surface area (Å²) in [6.07, 6.45) is 5.42. The Bertz CT molecular complexity index is 554. The lowest BCUT2D eigenvalue weighted by Crippen LogP contribution is -2.44. The van der Waals surface area contributed by atoms with Crippen LogP contribution in [0.4, 0.5) is 4.39 Å². The van der Waals surface area contributed by atoms with E-state index in [9.17, 15) is 19.1 Å². The molecule has 5 nitrogen and oxygen atoms in total. The lowest BCUT2D eigenvalue weighted by Gasteiger charge is -2.32. The molecule has 0 spiro atoms. The maximum absolute atomic E-state index is 12.8. The Kier molecular flexibility index (Phi) is 6.73. The summed E-state index contributed by atoms with van der Waals surface area (Å²) in [5.41, 5.74) is -0.370. The number of carbonyl (C=O) groups is 2. The van der Waals surface area contributed by atoms with E-state index in [4.69, 9.17) is 0 Å². The zero-order valence-electron chi connectivity index (χ0n) is 13.8. The van der Waals surface area contributed by atoms with Crippen LogP contribution >= 0.6 is 0 Å². The average molecular weight is 336 g/mol. The Morgan fingerprint density at radius 1 is 1.08 bits per heavy atom. The molecule has 1 aromatic rings. The molecule has 0 unspecified atom stereocenters. The van der Waals surface area contributed by atoms with Crippen LogP contribution in [0.1, 0.15) is 55.3 Å². The minimum Gasteiger partial charge on any atom is -0.388 e. The van der Waals surface area contributed by atoms with Crippen LogP contribution in [0, 0.1) is 5.82 Å². The number of nitrogens with one attached hydrogen (secondary N) is 2. The van der Waals surface area contributed by atoms with Crippen LogP contribution in [0.15, 0.2) is 24.3 Å². The molecule has 0 radical (unpaired) electrons. The zero-order valence-corrected chi connectivity index (χ0v) is 13.8. The van der Waals surface area contributed by atoms with Gasteiger partial charge in [-0.2, -0.15) is 0 Å². The highest BCUT2D eigenvalue weighted by atomic mass is 19.1. The van der Waals surface area contributed by atoms with E-state index in [1.54, 1.807) is 0 Å². The van der Waals surface area contributed by atoms with Crippen molar-refractivity contribution < 1.29 is 19.1 Å². The second-order valence-electron chi connectivity index (χ2n) is 6.43. The van der Waals surface area contributed by atoms with Gasteiger partial charge in [0.15, 0.2) is 0 Å². The molecule has 0 aromatic heterocycles. The minimum atomic E-state index is -0.759. The second kappa shape index (κ2) is 8.78. The molecule has 0 atom stereocenters. The van der Waals surface area contributed by atoms with Gasteiger partial charge in [-0.1, -0.05) is 19.3 Å². The Morgan fingerprint density at radius 3 is 2.42 bits per heavy atom. The van der Waals surface area contributed by atoms with Gasteiger partial charge in [0.25, 0.3) is 5.91 Å². The number of carbonyl (C=O) groups excluding carboxylic acids is 2. The molecule has 1 aromatic carbocycles. The first-order chi connectivity index (χ1) is 11.5. The molecule has 132 valence electrons. The van der Waals surface area contributed by atoms with Gasteiger partial charge in [0, 0.05) is 25.1 Å². The largest absolute Gasteiger partial charge is 0.388 e. The van der Waals surface area contributed by atoms with E-state index in [2.05, 4.69) is 10.6 Å². The van der Waals surface area contributed by atoms with E-state index in [1.165, 1.54) is 24.3 Å². The maximum atomic E-state index is 12.8. The number of aliphatic hydroxyl groups is 1. The zero-order chi connectivity index (χ0) is 17.4. The molecule has 0 aliphatic heterocycles. The average Bonchev–Trinajstić information content (AvgIpc) is 2.58. The molecule has 0 bridgehead atoms. The fourth-order valence-corrected chi connectivity index (χ4v) is 2.89. The van der Waals surface area contributed by atoms with Crippen LogP contribution in [-0.2, 0) is 4.79 Å². The molecule has 24 heavy (non-hydrogen) atoms. The fourth-order valence-electron chi connectivity index (χ4n) is 2.89. The lowest BCUT2D eigenvalue weighted by atomic mass is 9.85. The van der Waals surface area contributed by atoms with Gasteiger partial charge in [-0.25, -0.2) is 4.39 Å². The van der Waals surface area contributed by atoms with E-state index in [1.807, 2.05) is 0 Å². The number of hydrogen-bond donors (Lipinski definition) is 3. The number of amides is 2. The molecule has 0 saturated heterocycles. The minimum absolute atomic E-state index is 0.120. The first-order valence-corrected chi connectivity index (χ1v) is 8.51. The van der Waals surface area contributed by atoms with Crippen LogP contribution in [0.3, 0.4) is 0 Å². The summed E-state index contributed by atoms with van der Waals surface area (Å²) in [4.78, 5) is 23.6.